The van der Waals surface area contributed by atoms with Crippen molar-refractivity contribution in [3.05, 3.63) is 69.3 Å². The van der Waals surface area contributed by atoms with Crippen LogP contribution in [0.1, 0.15) is 75.3 Å². The van der Waals surface area contributed by atoms with Gasteiger partial charge in [0.15, 0.2) is 0 Å². The Hall–Kier alpha value is -1.58. The average Bonchev–Trinajstić information content (AvgIpc) is 3.10. The van der Waals surface area contributed by atoms with E-state index >= 15 is 0 Å². The molecule has 0 bridgehead atoms. The Kier molecular flexibility index (Phi) is 7.23. The minimum Gasteiger partial charge on any atom is -0.396 e. The standard InChI is InChI=1S/C26H34BrNO/c1-5-7-22-23-16-21(27)12-13-24(23)28-25(22)18(3)20-10-8-19(9-11-20)14-15-26(4,6-2)17-29/h8-13,16,18,28-29H,5-7,14-15,17H2,1-4H3. The maximum Gasteiger partial charge on any atom is 0.0484 e. The molecular formula is C26H34BrNO. The topological polar surface area (TPSA) is 36.0 Å². The van der Waals surface area contributed by atoms with Gasteiger partial charge in [-0.15, -0.1) is 0 Å². The summed E-state index contributed by atoms with van der Waals surface area (Å²) in [6.45, 7) is 9.14. The lowest BCUT2D eigenvalue weighted by Crippen LogP contribution is -2.21. The van der Waals surface area contributed by atoms with Crippen molar-refractivity contribution in [1.82, 2.24) is 4.98 Å². The van der Waals surface area contributed by atoms with Crippen molar-refractivity contribution in [3.63, 3.8) is 0 Å². The SMILES string of the molecule is CCCc1c(C(C)c2ccc(CCC(C)(CC)CO)cc2)[nH]c2ccc(Br)cc12. The fraction of sp³-hybridized carbons (Fsp3) is 0.462. The number of hydrogen-bond acceptors (Lipinski definition) is 1. The highest BCUT2D eigenvalue weighted by Crippen LogP contribution is 2.34. The van der Waals surface area contributed by atoms with Gasteiger partial charge in [-0.25, -0.2) is 0 Å². The number of benzene rings is 2. The smallest absolute Gasteiger partial charge is 0.0484 e. The maximum atomic E-state index is 9.65. The van der Waals surface area contributed by atoms with E-state index in [4.69, 9.17) is 0 Å². The number of hydrogen-bond donors (Lipinski definition) is 2. The van der Waals surface area contributed by atoms with Gasteiger partial charge in [0.1, 0.15) is 0 Å². The lowest BCUT2D eigenvalue weighted by atomic mass is 9.82. The predicted molar refractivity (Wildman–Crippen MR) is 128 cm³/mol. The summed E-state index contributed by atoms with van der Waals surface area (Å²) in [7, 11) is 0. The fourth-order valence-electron chi connectivity index (χ4n) is 4.08. The molecule has 156 valence electrons. The molecule has 0 fully saturated rings. The number of halogens is 1. The highest BCUT2D eigenvalue weighted by Gasteiger charge is 2.21. The van der Waals surface area contributed by atoms with Gasteiger partial charge < -0.3 is 10.1 Å². The maximum absolute atomic E-state index is 9.65. The van der Waals surface area contributed by atoms with Crippen molar-refractivity contribution in [3.8, 4) is 0 Å². The van der Waals surface area contributed by atoms with Crippen molar-refractivity contribution in [2.45, 2.75) is 65.7 Å². The van der Waals surface area contributed by atoms with Crippen LogP contribution >= 0.6 is 15.9 Å². The van der Waals surface area contributed by atoms with Gasteiger partial charge in [0.05, 0.1) is 0 Å². The van der Waals surface area contributed by atoms with Crippen LogP contribution in [-0.4, -0.2) is 16.7 Å². The quantitative estimate of drug-likeness (QED) is 0.346. The Balaban J connectivity index is 1.83. The summed E-state index contributed by atoms with van der Waals surface area (Å²) in [6.07, 6.45) is 5.27. The molecule has 0 radical (unpaired) electrons. The third-order valence-electron chi connectivity index (χ3n) is 6.57. The van der Waals surface area contributed by atoms with Gasteiger partial charge in [-0.05, 0) is 66.0 Å². The van der Waals surface area contributed by atoms with E-state index in [1.165, 1.54) is 33.3 Å². The summed E-state index contributed by atoms with van der Waals surface area (Å²) in [5.41, 5.74) is 6.73. The number of aromatic amines is 1. The van der Waals surface area contributed by atoms with E-state index in [1.54, 1.807) is 0 Å². The van der Waals surface area contributed by atoms with Crippen molar-refractivity contribution in [2.75, 3.05) is 6.61 Å². The summed E-state index contributed by atoms with van der Waals surface area (Å²) >= 11 is 3.63. The first kappa shape index (κ1) is 22.1. The molecule has 3 aromatic rings. The molecule has 1 heterocycles. The van der Waals surface area contributed by atoms with Crippen molar-refractivity contribution in [2.24, 2.45) is 5.41 Å². The molecule has 3 heteroatoms. The Labute approximate surface area is 183 Å². The molecular weight excluding hydrogens is 422 g/mol. The molecule has 3 rings (SSSR count). The van der Waals surface area contributed by atoms with Gasteiger partial charge in [-0.1, -0.05) is 74.3 Å². The first-order chi connectivity index (χ1) is 13.9. The van der Waals surface area contributed by atoms with E-state index < -0.39 is 0 Å². The largest absolute Gasteiger partial charge is 0.396 e. The van der Waals surface area contributed by atoms with Gasteiger partial charge in [0, 0.05) is 33.6 Å². The van der Waals surface area contributed by atoms with Crippen LogP contribution < -0.4 is 0 Å². The number of aryl methyl sites for hydroxylation is 2. The zero-order chi connectivity index (χ0) is 21.0. The zero-order valence-corrected chi connectivity index (χ0v) is 19.8. The molecule has 0 spiro atoms. The van der Waals surface area contributed by atoms with Crippen LogP contribution in [0.4, 0.5) is 0 Å². The Morgan fingerprint density at radius 1 is 1.07 bits per heavy atom. The average molecular weight is 456 g/mol. The van der Waals surface area contributed by atoms with Crippen LogP contribution in [0.15, 0.2) is 46.9 Å². The second-order valence-electron chi connectivity index (χ2n) is 8.74. The minimum absolute atomic E-state index is 0.0274. The first-order valence-corrected chi connectivity index (χ1v) is 11.7. The highest BCUT2D eigenvalue weighted by atomic mass is 79.9. The van der Waals surface area contributed by atoms with E-state index in [0.717, 1.165) is 36.6 Å². The second kappa shape index (κ2) is 9.49. The van der Waals surface area contributed by atoms with Gasteiger partial charge >= 0.3 is 0 Å². The molecule has 0 aliphatic carbocycles. The van der Waals surface area contributed by atoms with Crippen LogP contribution in [-0.2, 0) is 12.8 Å². The number of rotatable bonds is 9. The number of aliphatic hydroxyl groups excluding tert-OH is 1. The highest BCUT2D eigenvalue weighted by molar-refractivity contribution is 9.10. The zero-order valence-electron chi connectivity index (χ0n) is 18.2. The predicted octanol–water partition coefficient (Wildman–Crippen LogP) is 7.38. The Morgan fingerprint density at radius 2 is 1.79 bits per heavy atom. The molecule has 29 heavy (non-hydrogen) atoms. The summed E-state index contributed by atoms with van der Waals surface area (Å²) in [5, 5.41) is 11.0. The third kappa shape index (κ3) is 4.95. The molecule has 0 saturated carbocycles. The molecule has 2 aromatic carbocycles. The monoisotopic (exact) mass is 455 g/mol. The van der Waals surface area contributed by atoms with Crippen molar-refractivity contribution < 1.29 is 5.11 Å². The van der Waals surface area contributed by atoms with E-state index in [1.807, 2.05) is 0 Å². The van der Waals surface area contributed by atoms with Crippen LogP contribution in [0.25, 0.3) is 10.9 Å². The molecule has 0 saturated heterocycles. The van der Waals surface area contributed by atoms with Crippen LogP contribution in [0.2, 0.25) is 0 Å². The summed E-state index contributed by atoms with van der Waals surface area (Å²) in [6, 6.07) is 15.6. The molecule has 0 amide bonds. The fourth-order valence-corrected chi connectivity index (χ4v) is 4.44. The molecule has 2 N–H and O–H groups in total. The number of aliphatic hydroxyl groups is 1. The number of nitrogens with one attached hydrogen (secondary N) is 1. The van der Waals surface area contributed by atoms with Crippen LogP contribution in [0.3, 0.4) is 0 Å². The Bertz CT molecular complexity index is 937. The second-order valence-corrected chi connectivity index (χ2v) is 9.66. The number of H-pyrrole nitrogens is 1. The van der Waals surface area contributed by atoms with Gasteiger partial charge in [0.25, 0.3) is 0 Å². The molecule has 2 unspecified atom stereocenters. The van der Waals surface area contributed by atoms with Crippen molar-refractivity contribution >= 4 is 26.8 Å². The Morgan fingerprint density at radius 3 is 2.41 bits per heavy atom. The van der Waals surface area contributed by atoms with Crippen LogP contribution in [0.5, 0.6) is 0 Å². The number of fused-ring (bicyclic) bond motifs is 1. The first-order valence-electron chi connectivity index (χ1n) is 10.9. The van der Waals surface area contributed by atoms with E-state index in [0.29, 0.717) is 5.92 Å². The van der Waals surface area contributed by atoms with Gasteiger partial charge in [-0.3, -0.25) is 0 Å². The van der Waals surface area contributed by atoms with E-state index in [2.05, 4.69) is 91.1 Å². The lowest BCUT2D eigenvalue weighted by Gasteiger charge is -2.25. The summed E-state index contributed by atoms with van der Waals surface area (Å²) in [4.78, 5) is 3.70. The van der Waals surface area contributed by atoms with Crippen LogP contribution in [0, 0.1) is 5.41 Å². The summed E-state index contributed by atoms with van der Waals surface area (Å²) < 4.78 is 1.13. The summed E-state index contributed by atoms with van der Waals surface area (Å²) in [5.74, 6) is 0.329. The van der Waals surface area contributed by atoms with Gasteiger partial charge in [0.2, 0.25) is 0 Å². The molecule has 0 aliphatic rings. The van der Waals surface area contributed by atoms with E-state index in [9.17, 15) is 5.11 Å². The van der Waals surface area contributed by atoms with E-state index in [-0.39, 0.29) is 12.0 Å². The normalized spacial score (nSPS) is 14.8. The molecule has 2 nitrogen and oxygen atoms in total. The number of aromatic nitrogens is 1. The third-order valence-corrected chi connectivity index (χ3v) is 7.06. The molecule has 1 aromatic heterocycles. The molecule has 0 aliphatic heterocycles. The van der Waals surface area contributed by atoms with Gasteiger partial charge in [-0.2, -0.15) is 0 Å². The van der Waals surface area contributed by atoms with Crippen molar-refractivity contribution in [1.29, 1.82) is 0 Å². The minimum atomic E-state index is 0.0274. The lowest BCUT2D eigenvalue weighted by molar-refractivity contribution is 0.128. The molecule has 2 atom stereocenters.